The first-order valence-electron chi connectivity index (χ1n) is 8.65. The Morgan fingerprint density at radius 3 is 2.39 bits per heavy atom. The fourth-order valence-electron chi connectivity index (χ4n) is 2.06. The van der Waals surface area contributed by atoms with Crippen molar-refractivity contribution in [3.05, 3.63) is 52.2 Å². The topological polar surface area (TPSA) is 114 Å². The second kappa shape index (κ2) is 10.8. The zero-order chi connectivity index (χ0) is 20.4. The molecule has 2 aromatic rings. The molecule has 0 bridgehead atoms. The minimum atomic E-state index is -0.679. The van der Waals surface area contributed by atoms with Gasteiger partial charge in [-0.2, -0.15) is 0 Å². The normalized spacial score (nSPS) is 10.0. The van der Waals surface area contributed by atoms with E-state index in [0.717, 1.165) is 6.42 Å². The molecule has 3 amide bonds. The van der Waals surface area contributed by atoms with Crippen LogP contribution in [0.3, 0.4) is 0 Å². The molecular formula is C19H21N3O5S. The van der Waals surface area contributed by atoms with E-state index in [1.165, 1.54) is 23.5 Å². The maximum atomic E-state index is 12.0. The van der Waals surface area contributed by atoms with Gasteiger partial charge in [-0.25, -0.2) is 4.79 Å². The lowest BCUT2D eigenvalue weighted by atomic mass is 10.2. The van der Waals surface area contributed by atoms with Crippen molar-refractivity contribution in [3.8, 4) is 0 Å². The minimum absolute atomic E-state index is 0.172. The molecule has 1 aromatic heterocycles. The van der Waals surface area contributed by atoms with Gasteiger partial charge in [-0.1, -0.05) is 13.0 Å². The van der Waals surface area contributed by atoms with Gasteiger partial charge < -0.3 is 20.7 Å². The second-order valence-electron chi connectivity index (χ2n) is 5.71. The van der Waals surface area contributed by atoms with Crippen LogP contribution in [0, 0.1) is 0 Å². The molecule has 9 heteroatoms. The number of carbonyl (C=O) groups excluding carboxylic acids is 4. The molecule has 0 aliphatic rings. The largest absolute Gasteiger partial charge is 0.452 e. The molecular weight excluding hydrogens is 382 g/mol. The van der Waals surface area contributed by atoms with Gasteiger partial charge in [0, 0.05) is 12.2 Å². The third-order valence-corrected chi connectivity index (χ3v) is 4.34. The fraction of sp³-hybridized carbons (Fsp3) is 0.263. The van der Waals surface area contributed by atoms with Crippen LogP contribution < -0.4 is 16.0 Å². The number of hydrogen-bond donors (Lipinski definition) is 3. The van der Waals surface area contributed by atoms with E-state index in [0.29, 0.717) is 17.1 Å². The van der Waals surface area contributed by atoms with Crippen molar-refractivity contribution < 1.29 is 23.9 Å². The molecule has 0 aliphatic heterocycles. The predicted octanol–water partition coefficient (Wildman–Crippen LogP) is 1.80. The van der Waals surface area contributed by atoms with E-state index in [4.69, 9.17) is 4.74 Å². The van der Waals surface area contributed by atoms with E-state index >= 15 is 0 Å². The van der Waals surface area contributed by atoms with E-state index < -0.39 is 18.5 Å². The van der Waals surface area contributed by atoms with Crippen LogP contribution in [0.1, 0.15) is 33.4 Å². The van der Waals surface area contributed by atoms with Crippen LogP contribution in [0.4, 0.5) is 5.69 Å². The SMILES string of the molecule is CCCNC(=O)CNC(=O)COC(=O)c1ccc(NC(=O)c2cccs2)cc1. The van der Waals surface area contributed by atoms with Crippen LogP contribution in [0.15, 0.2) is 41.8 Å². The third kappa shape index (κ3) is 6.84. The Kier molecular flexibility index (Phi) is 8.16. The van der Waals surface area contributed by atoms with Gasteiger partial charge in [0.05, 0.1) is 17.0 Å². The van der Waals surface area contributed by atoms with E-state index in [1.54, 1.807) is 24.3 Å². The Morgan fingerprint density at radius 1 is 1.00 bits per heavy atom. The number of benzene rings is 1. The maximum absolute atomic E-state index is 12.0. The zero-order valence-corrected chi connectivity index (χ0v) is 16.1. The molecule has 28 heavy (non-hydrogen) atoms. The summed E-state index contributed by atoms with van der Waals surface area (Å²) < 4.78 is 4.91. The number of thiophene rings is 1. The van der Waals surface area contributed by atoms with Crippen LogP contribution in [0.25, 0.3) is 0 Å². The summed E-state index contributed by atoms with van der Waals surface area (Å²) >= 11 is 1.33. The molecule has 0 radical (unpaired) electrons. The molecule has 0 atom stereocenters. The Balaban J connectivity index is 1.75. The number of hydrogen-bond acceptors (Lipinski definition) is 6. The molecule has 0 aliphatic carbocycles. The van der Waals surface area contributed by atoms with Gasteiger partial charge >= 0.3 is 5.97 Å². The lowest BCUT2D eigenvalue weighted by Crippen LogP contribution is -2.38. The summed E-state index contributed by atoms with van der Waals surface area (Å²) in [5.74, 6) is -1.78. The van der Waals surface area contributed by atoms with Crippen molar-refractivity contribution >= 4 is 40.7 Å². The number of carbonyl (C=O) groups is 4. The summed E-state index contributed by atoms with van der Waals surface area (Å²) in [7, 11) is 0. The van der Waals surface area contributed by atoms with Crippen LogP contribution in [0.5, 0.6) is 0 Å². The number of anilines is 1. The van der Waals surface area contributed by atoms with Crippen molar-refractivity contribution in [2.75, 3.05) is 25.0 Å². The molecule has 0 fully saturated rings. The first kappa shape index (κ1) is 21.1. The van der Waals surface area contributed by atoms with Crippen LogP contribution in [-0.2, 0) is 14.3 Å². The fourth-order valence-corrected chi connectivity index (χ4v) is 2.68. The number of amides is 3. The lowest BCUT2D eigenvalue weighted by molar-refractivity contribution is -0.127. The Hall–Kier alpha value is -3.20. The Bertz CT molecular complexity index is 819. The highest BCUT2D eigenvalue weighted by Gasteiger charge is 2.12. The quantitative estimate of drug-likeness (QED) is 0.553. The zero-order valence-electron chi connectivity index (χ0n) is 15.3. The molecule has 3 N–H and O–H groups in total. The van der Waals surface area contributed by atoms with Gasteiger partial charge in [0.1, 0.15) is 0 Å². The summed E-state index contributed by atoms with van der Waals surface area (Å²) in [4.78, 5) is 47.6. The van der Waals surface area contributed by atoms with Gasteiger partial charge in [-0.3, -0.25) is 14.4 Å². The first-order chi connectivity index (χ1) is 13.5. The van der Waals surface area contributed by atoms with E-state index in [9.17, 15) is 19.2 Å². The standard InChI is InChI=1S/C19H21N3O5S/c1-2-9-20-16(23)11-21-17(24)12-27-19(26)13-5-7-14(8-6-13)22-18(25)15-4-3-10-28-15/h3-8,10H,2,9,11-12H2,1H3,(H,20,23)(H,21,24)(H,22,25). The van der Waals surface area contributed by atoms with Crippen molar-refractivity contribution in [2.24, 2.45) is 0 Å². The maximum Gasteiger partial charge on any atom is 0.338 e. The molecule has 2 rings (SSSR count). The smallest absolute Gasteiger partial charge is 0.338 e. The predicted molar refractivity (Wildman–Crippen MR) is 105 cm³/mol. The summed E-state index contributed by atoms with van der Waals surface area (Å²) in [5.41, 5.74) is 0.772. The number of esters is 1. The molecule has 1 aromatic carbocycles. The second-order valence-corrected chi connectivity index (χ2v) is 6.66. The number of nitrogens with one attached hydrogen (secondary N) is 3. The average Bonchev–Trinajstić information content (AvgIpc) is 3.24. The molecule has 0 saturated carbocycles. The van der Waals surface area contributed by atoms with Crippen molar-refractivity contribution in [2.45, 2.75) is 13.3 Å². The van der Waals surface area contributed by atoms with Gasteiger partial charge in [0.25, 0.3) is 11.8 Å². The monoisotopic (exact) mass is 403 g/mol. The number of rotatable bonds is 9. The number of ether oxygens (including phenoxy) is 1. The van der Waals surface area contributed by atoms with E-state index in [2.05, 4.69) is 16.0 Å². The van der Waals surface area contributed by atoms with Crippen LogP contribution >= 0.6 is 11.3 Å². The minimum Gasteiger partial charge on any atom is -0.452 e. The molecule has 0 unspecified atom stereocenters. The summed E-state index contributed by atoms with van der Waals surface area (Å²) in [6.07, 6.45) is 0.799. The average molecular weight is 403 g/mol. The van der Waals surface area contributed by atoms with E-state index in [1.807, 2.05) is 12.3 Å². The Morgan fingerprint density at radius 2 is 1.75 bits per heavy atom. The van der Waals surface area contributed by atoms with Crippen LogP contribution in [0.2, 0.25) is 0 Å². The van der Waals surface area contributed by atoms with Gasteiger partial charge in [0.15, 0.2) is 6.61 Å². The highest BCUT2D eigenvalue weighted by molar-refractivity contribution is 7.12. The van der Waals surface area contributed by atoms with Gasteiger partial charge in [-0.15, -0.1) is 11.3 Å². The summed E-state index contributed by atoms with van der Waals surface area (Å²) in [6, 6.07) is 9.61. The summed E-state index contributed by atoms with van der Waals surface area (Å²) in [5, 5.41) is 9.51. The van der Waals surface area contributed by atoms with Gasteiger partial charge in [-0.05, 0) is 42.1 Å². The van der Waals surface area contributed by atoms with Gasteiger partial charge in [0.2, 0.25) is 5.91 Å². The molecule has 0 saturated heterocycles. The van der Waals surface area contributed by atoms with E-state index in [-0.39, 0.29) is 23.9 Å². The molecule has 148 valence electrons. The molecule has 8 nitrogen and oxygen atoms in total. The van der Waals surface area contributed by atoms with Crippen LogP contribution in [-0.4, -0.2) is 43.4 Å². The molecule has 0 spiro atoms. The van der Waals surface area contributed by atoms with Crippen molar-refractivity contribution in [1.82, 2.24) is 10.6 Å². The van der Waals surface area contributed by atoms with Crippen molar-refractivity contribution in [1.29, 1.82) is 0 Å². The molecule has 1 heterocycles. The third-order valence-electron chi connectivity index (χ3n) is 3.48. The highest BCUT2D eigenvalue weighted by atomic mass is 32.1. The first-order valence-corrected chi connectivity index (χ1v) is 9.53. The Labute approximate surface area is 166 Å². The lowest BCUT2D eigenvalue weighted by Gasteiger charge is -2.08. The highest BCUT2D eigenvalue weighted by Crippen LogP contribution is 2.14. The van der Waals surface area contributed by atoms with Crippen molar-refractivity contribution in [3.63, 3.8) is 0 Å². The summed E-state index contributed by atoms with van der Waals surface area (Å²) in [6.45, 7) is 1.79.